The second-order valence-corrected chi connectivity index (χ2v) is 7.05. The Morgan fingerprint density at radius 1 is 1.50 bits per heavy atom. The molecular formula is C16H13ClN2O2S. The first-order valence-corrected chi connectivity index (χ1v) is 8.24. The highest BCUT2D eigenvalue weighted by molar-refractivity contribution is 7.17. The normalized spacial score (nSPS) is 17.1. The lowest BCUT2D eigenvalue weighted by molar-refractivity contribution is -0.138. The fourth-order valence-electron chi connectivity index (χ4n) is 3.04. The second kappa shape index (κ2) is 4.83. The molecular weight excluding hydrogens is 320 g/mol. The molecule has 0 fully saturated rings. The Morgan fingerprint density at radius 2 is 2.32 bits per heavy atom. The highest BCUT2D eigenvalue weighted by Gasteiger charge is 2.33. The van der Waals surface area contributed by atoms with Crippen LogP contribution in [0.3, 0.4) is 0 Å². The summed E-state index contributed by atoms with van der Waals surface area (Å²) in [7, 11) is 0. The molecule has 1 atom stereocenters. The monoisotopic (exact) mass is 332 g/mol. The summed E-state index contributed by atoms with van der Waals surface area (Å²) in [6, 6.07) is 5.81. The van der Waals surface area contributed by atoms with Crippen LogP contribution >= 0.6 is 22.9 Å². The maximum absolute atomic E-state index is 11.4. The van der Waals surface area contributed by atoms with Gasteiger partial charge in [0.25, 0.3) is 0 Å². The molecule has 3 aromatic rings. The number of hydrogen-bond acceptors (Lipinski definition) is 3. The van der Waals surface area contributed by atoms with Gasteiger partial charge in [-0.1, -0.05) is 17.7 Å². The van der Waals surface area contributed by atoms with Crippen molar-refractivity contribution in [3.05, 3.63) is 45.6 Å². The molecule has 0 bridgehead atoms. The minimum atomic E-state index is -0.754. The third-order valence-electron chi connectivity index (χ3n) is 4.18. The number of aliphatic carboxylic acids is 1. The van der Waals surface area contributed by atoms with Crippen LogP contribution in [0.2, 0.25) is 5.02 Å². The van der Waals surface area contributed by atoms with Crippen molar-refractivity contribution in [3.63, 3.8) is 0 Å². The van der Waals surface area contributed by atoms with E-state index in [0.717, 1.165) is 43.8 Å². The number of halogens is 1. The van der Waals surface area contributed by atoms with Gasteiger partial charge in [0, 0.05) is 21.7 Å². The number of aryl methyl sites for hydroxylation is 2. The maximum atomic E-state index is 11.4. The summed E-state index contributed by atoms with van der Waals surface area (Å²) >= 11 is 7.66. The molecule has 1 N–H and O–H groups in total. The first-order valence-electron chi connectivity index (χ1n) is 7.04. The van der Waals surface area contributed by atoms with Gasteiger partial charge >= 0.3 is 5.97 Å². The lowest BCUT2D eigenvalue weighted by Gasteiger charge is -2.04. The van der Waals surface area contributed by atoms with Crippen molar-refractivity contribution in [2.24, 2.45) is 0 Å². The number of nitrogens with zero attached hydrogens (tertiary/aromatic N) is 2. The van der Waals surface area contributed by atoms with Gasteiger partial charge in [0.15, 0.2) is 4.96 Å². The van der Waals surface area contributed by atoms with E-state index in [1.807, 2.05) is 35.7 Å². The van der Waals surface area contributed by atoms with Gasteiger partial charge in [0.1, 0.15) is 0 Å². The molecule has 0 radical (unpaired) electrons. The summed E-state index contributed by atoms with van der Waals surface area (Å²) in [6.45, 7) is 1.96. The van der Waals surface area contributed by atoms with Gasteiger partial charge in [0.2, 0.25) is 0 Å². The molecule has 0 spiro atoms. The van der Waals surface area contributed by atoms with Crippen molar-refractivity contribution in [3.8, 4) is 11.3 Å². The molecule has 0 amide bonds. The van der Waals surface area contributed by atoms with E-state index in [1.165, 1.54) is 0 Å². The van der Waals surface area contributed by atoms with Gasteiger partial charge in [-0.3, -0.25) is 9.20 Å². The number of imidazole rings is 1. The zero-order chi connectivity index (χ0) is 15.4. The van der Waals surface area contributed by atoms with Gasteiger partial charge < -0.3 is 5.11 Å². The first-order chi connectivity index (χ1) is 10.5. The molecule has 4 rings (SSSR count). The average molecular weight is 333 g/mol. The predicted octanol–water partition coefficient (Wildman–Crippen LogP) is 4.14. The van der Waals surface area contributed by atoms with E-state index in [-0.39, 0.29) is 0 Å². The van der Waals surface area contributed by atoms with E-state index in [1.54, 1.807) is 11.3 Å². The molecule has 1 unspecified atom stereocenters. The second-order valence-electron chi connectivity index (χ2n) is 5.58. The first kappa shape index (κ1) is 13.8. The van der Waals surface area contributed by atoms with Crippen LogP contribution in [0.25, 0.3) is 16.2 Å². The summed E-state index contributed by atoms with van der Waals surface area (Å²) in [5, 5.41) is 10.1. The van der Waals surface area contributed by atoms with Crippen molar-refractivity contribution in [1.29, 1.82) is 0 Å². The van der Waals surface area contributed by atoms with Gasteiger partial charge in [0.05, 0.1) is 17.3 Å². The molecule has 1 aromatic carbocycles. The molecule has 6 heteroatoms. The van der Waals surface area contributed by atoms with Crippen LogP contribution in [0.5, 0.6) is 0 Å². The smallest absolute Gasteiger partial charge is 0.312 e. The fourth-order valence-corrected chi connectivity index (χ4v) is 4.34. The van der Waals surface area contributed by atoms with E-state index in [9.17, 15) is 9.90 Å². The van der Waals surface area contributed by atoms with Gasteiger partial charge in [-0.2, -0.15) is 0 Å². The van der Waals surface area contributed by atoms with Gasteiger partial charge in [-0.25, -0.2) is 4.98 Å². The van der Waals surface area contributed by atoms with Crippen molar-refractivity contribution in [1.82, 2.24) is 9.38 Å². The number of benzene rings is 1. The molecule has 2 heterocycles. The van der Waals surface area contributed by atoms with Crippen LogP contribution in [0.15, 0.2) is 24.4 Å². The lowest BCUT2D eigenvalue weighted by Crippen LogP contribution is -2.09. The maximum Gasteiger partial charge on any atom is 0.312 e. The fraction of sp³-hybridized carbons (Fsp3) is 0.250. The van der Waals surface area contributed by atoms with Crippen LogP contribution in [0.1, 0.15) is 28.5 Å². The quantitative estimate of drug-likeness (QED) is 0.767. The summed E-state index contributed by atoms with van der Waals surface area (Å²) in [5.74, 6) is -1.17. The molecule has 112 valence electrons. The highest BCUT2D eigenvalue weighted by Crippen LogP contribution is 2.40. The minimum Gasteiger partial charge on any atom is -0.481 e. The Morgan fingerprint density at radius 3 is 3.05 bits per heavy atom. The third kappa shape index (κ3) is 1.96. The van der Waals surface area contributed by atoms with Crippen LogP contribution in [0, 0.1) is 6.92 Å². The average Bonchev–Trinajstić information content (AvgIpc) is 3.11. The highest BCUT2D eigenvalue weighted by atomic mass is 35.5. The zero-order valence-corrected chi connectivity index (χ0v) is 13.4. The largest absolute Gasteiger partial charge is 0.481 e. The Kier molecular flexibility index (Phi) is 3.03. The molecule has 4 nitrogen and oxygen atoms in total. The summed E-state index contributed by atoms with van der Waals surface area (Å²) in [4.78, 5) is 18.1. The van der Waals surface area contributed by atoms with Crippen molar-refractivity contribution in [2.45, 2.75) is 25.7 Å². The molecule has 1 aliphatic carbocycles. The molecule has 22 heavy (non-hydrogen) atoms. The van der Waals surface area contributed by atoms with Crippen molar-refractivity contribution < 1.29 is 9.90 Å². The van der Waals surface area contributed by atoms with Crippen LogP contribution in [-0.2, 0) is 11.2 Å². The van der Waals surface area contributed by atoms with E-state index >= 15 is 0 Å². The number of carboxylic acid groups (broad SMARTS) is 1. The number of rotatable bonds is 2. The third-order valence-corrected chi connectivity index (χ3v) is 5.73. The van der Waals surface area contributed by atoms with Gasteiger partial charge in [-0.05, 0) is 37.5 Å². The molecule has 0 saturated heterocycles. The zero-order valence-electron chi connectivity index (χ0n) is 11.8. The molecule has 2 aromatic heterocycles. The SMILES string of the molecule is Cc1cc(-c2cn3c4c(sc3n2)CCC4C(=O)O)ccc1Cl. The predicted molar refractivity (Wildman–Crippen MR) is 86.9 cm³/mol. The lowest BCUT2D eigenvalue weighted by atomic mass is 10.1. The van der Waals surface area contributed by atoms with Crippen LogP contribution in [0.4, 0.5) is 0 Å². The number of carbonyl (C=O) groups is 1. The number of fused-ring (bicyclic) bond motifs is 3. The van der Waals surface area contributed by atoms with Crippen molar-refractivity contribution in [2.75, 3.05) is 0 Å². The summed E-state index contributed by atoms with van der Waals surface area (Å²) < 4.78 is 1.95. The number of carboxylic acids is 1. The standard InChI is InChI=1S/C16H13ClN2O2S/c1-8-6-9(2-4-11(8)17)12-7-19-14-10(15(20)21)3-5-13(14)22-16(19)18-12/h2,4,6-7,10H,3,5H2,1H3,(H,20,21). The summed E-state index contributed by atoms with van der Waals surface area (Å²) in [6.07, 6.45) is 3.45. The van der Waals surface area contributed by atoms with E-state index < -0.39 is 11.9 Å². The topological polar surface area (TPSA) is 54.6 Å². The Labute approximate surface area is 136 Å². The summed E-state index contributed by atoms with van der Waals surface area (Å²) in [5.41, 5.74) is 3.75. The van der Waals surface area contributed by atoms with Gasteiger partial charge in [-0.15, -0.1) is 11.3 Å². The Bertz CT molecular complexity index is 912. The van der Waals surface area contributed by atoms with Crippen molar-refractivity contribution >= 4 is 33.9 Å². The number of thiazole rings is 1. The van der Waals surface area contributed by atoms with E-state index in [2.05, 4.69) is 4.98 Å². The van der Waals surface area contributed by atoms with Crippen LogP contribution in [-0.4, -0.2) is 20.5 Å². The molecule has 0 aliphatic heterocycles. The minimum absolute atomic E-state index is 0.419. The van der Waals surface area contributed by atoms with Crippen LogP contribution < -0.4 is 0 Å². The van der Waals surface area contributed by atoms with E-state index in [4.69, 9.17) is 11.6 Å². The number of hydrogen-bond donors (Lipinski definition) is 1. The molecule has 1 aliphatic rings. The number of aromatic nitrogens is 2. The molecule has 0 saturated carbocycles. The van der Waals surface area contributed by atoms with E-state index in [0.29, 0.717) is 6.42 Å². The Balaban J connectivity index is 1.85. The Hall–Kier alpha value is -1.85.